The number of piperazine rings is 1. The minimum Gasteiger partial charge on any atom is -0.463 e. The summed E-state index contributed by atoms with van der Waals surface area (Å²) in [4.78, 5) is 19.0. The molecule has 2 aliphatic carbocycles. The summed E-state index contributed by atoms with van der Waals surface area (Å²) in [6.07, 6.45) is 8.44. The van der Waals surface area contributed by atoms with Gasteiger partial charge in [0.05, 0.1) is 66.2 Å². The van der Waals surface area contributed by atoms with Crippen molar-refractivity contribution in [3.63, 3.8) is 0 Å². The van der Waals surface area contributed by atoms with Crippen molar-refractivity contribution in [2.45, 2.75) is 89.4 Å². The molecule has 4 aromatic rings. The number of β-amino-alcohol motifs (C(OH)–C–C–N with tert-alkyl or cyclic N) is 1. The quantitative estimate of drug-likeness (QED) is 0.220. The van der Waals surface area contributed by atoms with Crippen molar-refractivity contribution in [1.82, 2.24) is 19.9 Å². The molecule has 272 valence electrons. The molecule has 1 aromatic carbocycles. The third-order valence-electron chi connectivity index (χ3n) is 12.6. The number of nitrogens with zero attached hydrogens (tertiary/aromatic N) is 6. The predicted octanol–water partition coefficient (Wildman–Crippen LogP) is 5.68. The van der Waals surface area contributed by atoms with E-state index >= 15 is 8.78 Å². The lowest BCUT2D eigenvalue weighted by Crippen LogP contribution is -2.55. The molecule has 3 aromatic heterocycles. The van der Waals surface area contributed by atoms with Crippen LogP contribution in [-0.4, -0.2) is 82.1 Å². The molecule has 6 aliphatic rings. The van der Waals surface area contributed by atoms with Crippen LogP contribution in [0.3, 0.4) is 0 Å². The first-order chi connectivity index (χ1) is 25.2. The molecule has 3 unspecified atom stereocenters. The maximum atomic E-state index is 17.6. The van der Waals surface area contributed by atoms with Crippen LogP contribution in [0.5, 0.6) is 6.01 Å². The number of thiophene rings is 1. The smallest absolute Gasteiger partial charge is 0.319 e. The molecular weight excluding hydrogens is 689 g/mol. The van der Waals surface area contributed by atoms with Crippen molar-refractivity contribution in [3.8, 4) is 23.3 Å². The molecule has 2 saturated carbocycles. The second kappa shape index (κ2) is 12.1. The summed E-state index contributed by atoms with van der Waals surface area (Å²) >= 11 is 0.954. The fourth-order valence-corrected chi connectivity index (χ4v) is 11.0. The summed E-state index contributed by atoms with van der Waals surface area (Å²) in [7, 11) is 0. The zero-order valence-electron chi connectivity index (χ0n) is 29.0. The first-order valence-electron chi connectivity index (χ1n) is 18.5. The van der Waals surface area contributed by atoms with Crippen LogP contribution in [0, 0.1) is 40.2 Å². The van der Waals surface area contributed by atoms with E-state index in [1.54, 1.807) is 0 Å². The van der Waals surface area contributed by atoms with E-state index in [9.17, 15) is 10.4 Å². The number of benzene rings is 1. The van der Waals surface area contributed by atoms with Gasteiger partial charge in [-0.1, -0.05) is 0 Å². The Morgan fingerprint density at radius 1 is 1.15 bits per heavy atom. The number of aromatic nitrogens is 3. The number of hydrogen-bond acceptors (Lipinski definition) is 12. The number of nitrogen functional groups attached to an aromatic ring is 1. The van der Waals surface area contributed by atoms with Crippen LogP contribution >= 0.6 is 11.3 Å². The Labute approximate surface area is 303 Å². The van der Waals surface area contributed by atoms with Crippen LogP contribution in [0.1, 0.15) is 68.6 Å². The van der Waals surface area contributed by atoms with Crippen LogP contribution in [0.2, 0.25) is 0 Å². The molecular formula is C38H41F2N7O4S. The van der Waals surface area contributed by atoms with Gasteiger partial charge in [-0.05, 0) is 74.8 Å². The van der Waals surface area contributed by atoms with Crippen molar-refractivity contribution in [2.24, 2.45) is 17.3 Å². The van der Waals surface area contributed by atoms with E-state index in [0.29, 0.717) is 47.9 Å². The molecule has 3 N–H and O–H groups in total. The number of halogens is 2. The molecule has 52 heavy (non-hydrogen) atoms. The normalized spacial score (nSPS) is 27.8. The van der Waals surface area contributed by atoms with E-state index < -0.39 is 17.7 Å². The Hall–Kier alpha value is -3.74. The Morgan fingerprint density at radius 2 is 1.94 bits per heavy atom. The number of ether oxygens (including phenoxy) is 3. The maximum Gasteiger partial charge on any atom is 0.319 e. The van der Waals surface area contributed by atoms with E-state index in [2.05, 4.69) is 20.9 Å². The highest BCUT2D eigenvalue weighted by molar-refractivity contribution is 7.23. The van der Waals surface area contributed by atoms with Gasteiger partial charge in [0.1, 0.15) is 22.4 Å². The van der Waals surface area contributed by atoms with Crippen LogP contribution in [0.15, 0.2) is 6.20 Å². The molecule has 0 amide bonds. The van der Waals surface area contributed by atoms with Gasteiger partial charge in [0.25, 0.3) is 0 Å². The summed E-state index contributed by atoms with van der Waals surface area (Å²) in [6, 6.07) is 2.45. The van der Waals surface area contributed by atoms with Gasteiger partial charge in [0, 0.05) is 48.1 Å². The minimum absolute atomic E-state index is 0.0605. The van der Waals surface area contributed by atoms with E-state index in [4.69, 9.17) is 29.9 Å². The molecule has 14 heteroatoms. The van der Waals surface area contributed by atoms with Crippen molar-refractivity contribution in [2.75, 3.05) is 43.5 Å². The van der Waals surface area contributed by atoms with Crippen molar-refractivity contribution in [1.29, 1.82) is 5.26 Å². The second-order valence-corrected chi connectivity index (χ2v) is 17.2. The lowest BCUT2D eigenvalue weighted by molar-refractivity contribution is 0.0407. The zero-order chi connectivity index (χ0) is 35.5. The number of rotatable bonds is 9. The Bertz CT molecular complexity index is 2160. The zero-order valence-corrected chi connectivity index (χ0v) is 29.9. The summed E-state index contributed by atoms with van der Waals surface area (Å²) in [5.41, 5.74) is 8.03. The minimum atomic E-state index is -0.634. The molecule has 0 spiro atoms. The second-order valence-electron chi connectivity index (χ2n) is 16.1. The van der Waals surface area contributed by atoms with Gasteiger partial charge in [-0.25, -0.2) is 8.78 Å². The highest BCUT2D eigenvalue weighted by Crippen LogP contribution is 2.56. The number of hydrogen-bond donors (Lipinski definition) is 2. The summed E-state index contributed by atoms with van der Waals surface area (Å²) in [6.45, 7) is 5.56. The molecule has 4 bridgehead atoms. The van der Waals surface area contributed by atoms with Gasteiger partial charge in [-0.15, -0.1) is 11.3 Å². The summed E-state index contributed by atoms with van der Waals surface area (Å²) in [5.74, 6) is 0.644. The van der Waals surface area contributed by atoms with Gasteiger partial charge in [-0.3, -0.25) is 9.88 Å². The molecule has 4 aliphatic heterocycles. The summed E-state index contributed by atoms with van der Waals surface area (Å²) in [5, 5.41) is 21.1. The molecule has 5 fully saturated rings. The number of aliphatic hydroxyl groups excluding tert-OH is 1. The fraction of sp³-hybridized carbons (Fsp3) is 0.579. The standard InChI is InChI=1S/C38H41F2N7O4S/c1-18(48)11-46-12-21-2-3-22(13-46)47(21)36-30-26-16-49-15-25(26)28(32-29-24(9-41)35(42)52-34(29)27(39)10-43-32)31(40)33(30)44-37(45-36)51-17-38(4-5-38)8-19-6-23-7-20(19)14-50-23/h10,18-23,48H,2-8,11-17,42H2,1H3/t18-,19?,20-,21?,22?,23+/m1/s1. The maximum absolute atomic E-state index is 17.6. The van der Waals surface area contributed by atoms with Gasteiger partial charge >= 0.3 is 6.01 Å². The largest absolute Gasteiger partial charge is 0.463 e. The van der Waals surface area contributed by atoms with Gasteiger partial charge in [0.15, 0.2) is 11.6 Å². The number of anilines is 2. The number of likely N-dealkylation sites (tertiary alicyclic amines) is 1. The number of nitriles is 1. The van der Waals surface area contributed by atoms with Crippen molar-refractivity contribution < 1.29 is 28.1 Å². The highest BCUT2D eigenvalue weighted by atomic mass is 32.1. The Balaban J connectivity index is 1.11. The van der Waals surface area contributed by atoms with Crippen LogP contribution in [0.25, 0.3) is 32.2 Å². The third-order valence-corrected chi connectivity index (χ3v) is 13.7. The average molecular weight is 730 g/mol. The molecule has 11 nitrogen and oxygen atoms in total. The summed E-state index contributed by atoms with van der Waals surface area (Å²) < 4.78 is 51.2. The lowest BCUT2D eigenvalue weighted by atomic mass is 9.85. The van der Waals surface area contributed by atoms with Crippen molar-refractivity contribution in [3.05, 3.63) is 34.5 Å². The first-order valence-corrected chi connectivity index (χ1v) is 19.3. The van der Waals surface area contributed by atoms with Crippen LogP contribution in [-0.2, 0) is 22.7 Å². The van der Waals surface area contributed by atoms with E-state index in [1.165, 1.54) is 0 Å². The number of fused-ring (bicyclic) bond motifs is 8. The first kappa shape index (κ1) is 32.9. The van der Waals surface area contributed by atoms with Crippen LogP contribution < -0.4 is 15.4 Å². The molecule has 3 saturated heterocycles. The highest BCUT2D eigenvalue weighted by Gasteiger charge is 2.50. The van der Waals surface area contributed by atoms with Gasteiger partial charge < -0.3 is 30.0 Å². The van der Waals surface area contributed by atoms with Gasteiger partial charge in [-0.2, -0.15) is 15.2 Å². The number of aliphatic hydroxyl groups is 1. The number of pyridine rings is 1. The molecule has 10 rings (SSSR count). The van der Waals surface area contributed by atoms with E-state index in [1.807, 2.05) is 6.92 Å². The molecule has 6 atom stereocenters. The van der Waals surface area contributed by atoms with Crippen LogP contribution in [0.4, 0.5) is 19.6 Å². The molecule has 7 heterocycles. The average Bonchev–Trinajstić information content (AvgIpc) is 3.63. The SMILES string of the molecule is C[C@@H](O)CN1CC2CCC(C1)N2c1nc(OCC2(CC3C[C@H]4C[C@@H]3CO4)CC2)nc2c(F)c(-c3ncc(F)c4sc(N)c(C#N)c34)c3c(c12)COC3. The molecule has 0 radical (unpaired) electrons. The Kier molecular flexibility index (Phi) is 7.68. The fourth-order valence-electron chi connectivity index (χ4n) is 10.1. The Morgan fingerprint density at radius 3 is 2.63 bits per heavy atom. The lowest BCUT2D eigenvalue weighted by Gasteiger charge is -2.42. The topological polar surface area (TPSA) is 143 Å². The van der Waals surface area contributed by atoms with Crippen molar-refractivity contribution >= 4 is 43.1 Å². The monoisotopic (exact) mass is 729 g/mol. The number of nitrogens with two attached hydrogens (primary N) is 1. The van der Waals surface area contributed by atoms with E-state index in [0.717, 1.165) is 87.7 Å². The predicted molar refractivity (Wildman–Crippen MR) is 191 cm³/mol. The van der Waals surface area contributed by atoms with E-state index in [-0.39, 0.29) is 74.1 Å². The van der Waals surface area contributed by atoms with Gasteiger partial charge in [0.2, 0.25) is 0 Å². The third kappa shape index (κ3) is 5.18.